The van der Waals surface area contributed by atoms with Gasteiger partial charge in [-0.3, -0.25) is 4.18 Å². The van der Waals surface area contributed by atoms with Gasteiger partial charge in [-0.25, -0.2) is 9.78 Å². The topological polar surface area (TPSA) is 96.7 Å². The molecular formula is C26H32N2O6S. The van der Waals surface area contributed by atoms with E-state index in [1.807, 2.05) is 68.7 Å². The number of carbonyl (C=O) groups excluding carboxylic acids is 1. The number of benzene rings is 2. The molecule has 1 unspecified atom stereocenters. The number of imidazole rings is 1. The van der Waals surface area contributed by atoms with Crippen molar-refractivity contribution in [1.29, 1.82) is 0 Å². The third-order valence-corrected chi connectivity index (χ3v) is 6.28. The van der Waals surface area contributed by atoms with Crippen LogP contribution in [0.1, 0.15) is 65.8 Å². The highest BCUT2D eigenvalue weighted by Gasteiger charge is 2.35. The smallest absolute Gasteiger partial charge is 0.358 e. The van der Waals surface area contributed by atoms with Gasteiger partial charge in [-0.05, 0) is 56.0 Å². The summed E-state index contributed by atoms with van der Waals surface area (Å²) < 4.78 is 43.0. The molecule has 3 aromatic rings. The van der Waals surface area contributed by atoms with Gasteiger partial charge in [0, 0.05) is 6.04 Å². The van der Waals surface area contributed by atoms with Crippen LogP contribution in [0.15, 0.2) is 42.5 Å². The van der Waals surface area contributed by atoms with Crippen LogP contribution in [0.4, 0.5) is 0 Å². The first kappa shape index (κ1) is 26.4. The summed E-state index contributed by atoms with van der Waals surface area (Å²) in [6, 6.07) is 12.8. The van der Waals surface area contributed by atoms with E-state index in [1.165, 1.54) is 7.11 Å². The number of rotatable bonds is 9. The van der Waals surface area contributed by atoms with Crippen LogP contribution in [0.2, 0.25) is 0 Å². The molecule has 0 aliphatic carbocycles. The quantitative estimate of drug-likeness (QED) is 0.306. The third kappa shape index (κ3) is 5.57. The van der Waals surface area contributed by atoms with Crippen molar-refractivity contribution < 1.29 is 26.9 Å². The number of esters is 1. The molecule has 0 saturated heterocycles. The van der Waals surface area contributed by atoms with Gasteiger partial charge in [0.2, 0.25) is 0 Å². The molecule has 0 aliphatic heterocycles. The highest BCUT2D eigenvalue weighted by molar-refractivity contribution is 7.86. The summed E-state index contributed by atoms with van der Waals surface area (Å²) >= 11 is 0. The van der Waals surface area contributed by atoms with Crippen molar-refractivity contribution in [2.45, 2.75) is 46.3 Å². The molecule has 0 saturated carbocycles. The summed E-state index contributed by atoms with van der Waals surface area (Å²) in [6.45, 7) is 7.79. The number of para-hydroxylation sites is 1. The van der Waals surface area contributed by atoms with Crippen molar-refractivity contribution in [3.05, 3.63) is 70.5 Å². The predicted molar refractivity (Wildman–Crippen MR) is 134 cm³/mol. The molecule has 2 aromatic carbocycles. The van der Waals surface area contributed by atoms with Gasteiger partial charge in [0.1, 0.15) is 17.7 Å². The number of hydrogen-bond acceptors (Lipinski definition) is 7. The van der Waals surface area contributed by atoms with Crippen LogP contribution in [0, 0.1) is 6.92 Å². The Balaban J connectivity index is 2.43. The summed E-state index contributed by atoms with van der Waals surface area (Å²) in [6.07, 6.45) is 0.696. The fourth-order valence-corrected chi connectivity index (χ4v) is 4.70. The van der Waals surface area contributed by atoms with E-state index in [0.29, 0.717) is 28.4 Å². The largest absolute Gasteiger partial charge is 0.496 e. The van der Waals surface area contributed by atoms with Gasteiger partial charge < -0.3 is 14.0 Å². The van der Waals surface area contributed by atoms with Gasteiger partial charge in [-0.15, -0.1) is 0 Å². The average Bonchev–Trinajstić information content (AvgIpc) is 3.22. The second-order valence-electron chi connectivity index (χ2n) is 8.55. The lowest BCUT2D eigenvalue weighted by molar-refractivity contribution is 0.0589. The number of carbonyl (C=O) groups is 1. The summed E-state index contributed by atoms with van der Waals surface area (Å²) in [7, 11) is -1.12. The molecule has 1 heterocycles. The summed E-state index contributed by atoms with van der Waals surface area (Å²) in [5.41, 5.74) is 3.48. The van der Waals surface area contributed by atoms with E-state index in [9.17, 15) is 13.2 Å². The maximum Gasteiger partial charge on any atom is 0.358 e. The van der Waals surface area contributed by atoms with Crippen molar-refractivity contribution in [1.82, 2.24) is 9.55 Å². The van der Waals surface area contributed by atoms with Crippen molar-refractivity contribution in [3.8, 4) is 17.1 Å². The lowest BCUT2D eigenvalue weighted by Gasteiger charge is -2.24. The minimum atomic E-state index is -3.93. The molecule has 8 nitrogen and oxygen atoms in total. The monoisotopic (exact) mass is 500 g/mol. The van der Waals surface area contributed by atoms with E-state index in [4.69, 9.17) is 13.7 Å². The van der Waals surface area contributed by atoms with Gasteiger partial charge in [-0.1, -0.05) is 37.3 Å². The molecule has 0 amide bonds. The molecule has 9 heteroatoms. The highest BCUT2D eigenvalue weighted by Crippen LogP contribution is 2.39. The minimum Gasteiger partial charge on any atom is -0.496 e. The van der Waals surface area contributed by atoms with Crippen molar-refractivity contribution >= 4 is 16.1 Å². The molecule has 0 radical (unpaired) electrons. The number of ether oxygens (including phenoxy) is 2. The fourth-order valence-electron chi connectivity index (χ4n) is 4.16. The molecule has 1 aromatic heterocycles. The molecule has 0 bridgehead atoms. The van der Waals surface area contributed by atoms with E-state index in [1.54, 1.807) is 13.2 Å². The van der Waals surface area contributed by atoms with Crippen LogP contribution >= 0.6 is 0 Å². The third-order valence-electron chi connectivity index (χ3n) is 5.74. The van der Waals surface area contributed by atoms with Gasteiger partial charge in [0.05, 0.1) is 31.7 Å². The number of aryl methyl sites for hydroxylation is 2. The van der Waals surface area contributed by atoms with Crippen molar-refractivity contribution in [2.75, 3.05) is 20.5 Å². The van der Waals surface area contributed by atoms with Gasteiger partial charge in [-0.2, -0.15) is 8.42 Å². The van der Waals surface area contributed by atoms with Gasteiger partial charge in [0.25, 0.3) is 10.1 Å². The number of nitrogens with zero attached hydrogens (tertiary/aromatic N) is 2. The van der Waals surface area contributed by atoms with E-state index in [-0.39, 0.29) is 11.7 Å². The van der Waals surface area contributed by atoms with E-state index < -0.39 is 22.2 Å². The summed E-state index contributed by atoms with van der Waals surface area (Å²) in [4.78, 5) is 17.6. The van der Waals surface area contributed by atoms with Crippen LogP contribution in [-0.4, -0.2) is 44.4 Å². The standard InChI is InChI=1S/C26H32N2O6S/c1-8-18-13-14-19(17(4)15-18)24(34-35(7,30)31)23-22(26(29)33-6)27-25(28(23)16(2)3)20-11-9-10-12-21(20)32-5/h9-16,24H,8H2,1-7H3. The molecule has 0 fully saturated rings. The predicted octanol–water partition coefficient (Wildman–Crippen LogP) is 4.86. The second kappa shape index (κ2) is 10.6. The first-order valence-corrected chi connectivity index (χ1v) is 13.2. The molecule has 35 heavy (non-hydrogen) atoms. The zero-order valence-electron chi connectivity index (χ0n) is 21.2. The lowest BCUT2D eigenvalue weighted by atomic mass is 9.96. The SMILES string of the molecule is CCc1ccc(C(OS(C)(=O)=O)c2c(C(=O)OC)nc(-c3ccccc3OC)n2C(C)C)c(C)c1. The average molecular weight is 501 g/mol. The zero-order valence-corrected chi connectivity index (χ0v) is 22.0. The fraction of sp³-hybridized carbons (Fsp3) is 0.385. The van der Waals surface area contributed by atoms with Crippen LogP contribution in [-0.2, 0) is 25.5 Å². The maximum atomic E-state index is 13.0. The molecule has 3 rings (SSSR count). The van der Waals surface area contributed by atoms with Gasteiger partial charge in [0.15, 0.2) is 5.69 Å². The van der Waals surface area contributed by atoms with Crippen molar-refractivity contribution in [2.24, 2.45) is 0 Å². The van der Waals surface area contributed by atoms with Crippen LogP contribution in [0.3, 0.4) is 0 Å². The van der Waals surface area contributed by atoms with Crippen molar-refractivity contribution in [3.63, 3.8) is 0 Å². The summed E-state index contributed by atoms with van der Waals surface area (Å²) in [5, 5.41) is 0. The van der Waals surface area contributed by atoms with Gasteiger partial charge >= 0.3 is 5.97 Å². The Morgan fingerprint density at radius 1 is 1.11 bits per heavy atom. The Kier molecular flexibility index (Phi) is 8.02. The first-order chi connectivity index (χ1) is 16.5. The second-order valence-corrected chi connectivity index (χ2v) is 10.2. The molecule has 188 valence electrons. The maximum absolute atomic E-state index is 13.0. The Hall–Kier alpha value is -3.17. The van der Waals surface area contributed by atoms with E-state index >= 15 is 0 Å². The Morgan fingerprint density at radius 3 is 2.34 bits per heavy atom. The normalized spacial score (nSPS) is 12.6. The minimum absolute atomic E-state index is 0.0188. The Bertz CT molecular complexity index is 1330. The molecular weight excluding hydrogens is 468 g/mol. The number of aromatic nitrogens is 2. The Labute approximate surface area is 207 Å². The number of methoxy groups -OCH3 is 2. The Morgan fingerprint density at radius 2 is 1.80 bits per heavy atom. The van der Waals surface area contributed by atoms with E-state index in [0.717, 1.165) is 23.8 Å². The molecule has 0 aliphatic rings. The molecule has 0 N–H and O–H groups in total. The molecule has 0 spiro atoms. The van der Waals surface area contributed by atoms with E-state index in [2.05, 4.69) is 4.98 Å². The molecule has 1 atom stereocenters. The summed E-state index contributed by atoms with van der Waals surface area (Å²) in [5.74, 6) is 0.310. The van der Waals surface area contributed by atoms with Crippen LogP contribution < -0.4 is 4.74 Å². The number of hydrogen-bond donors (Lipinski definition) is 0. The lowest BCUT2D eigenvalue weighted by Crippen LogP contribution is -2.21. The first-order valence-electron chi connectivity index (χ1n) is 11.3. The zero-order chi connectivity index (χ0) is 25.9. The highest BCUT2D eigenvalue weighted by atomic mass is 32.2. The van der Waals surface area contributed by atoms with Crippen LogP contribution in [0.25, 0.3) is 11.4 Å². The van der Waals surface area contributed by atoms with Crippen LogP contribution in [0.5, 0.6) is 5.75 Å².